The second-order valence-corrected chi connectivity index (χ2v) is 5.31. The fraction of sp³-hybridized carbons (Fsp3) is 0.133. The van der Waals surface area contributed by atoms with Crippen LogP contribution in [0.15, 0.2) is 40.9 Å². The van der Waals surface area contributed by atoms with E-state index in [1.807, 2.05) is 32.0 Å². The number of phenols is 1. The summed E-state index contributed by atoms with van der Waals surface area (Å²) in [5, 5.41) is 12.5. The summed E-state index contributed by atoms with van der Waals surface area (Å²) in [5.41, 5.74) is 2.93. The van der Waals surface area contributed by atoms with Gasteiger partial charge in [-0.1, -0.05) is 17.7 Å². The van der Waals surface area contributed by atoms with Gasteiger partial charge in [-0.2, -0.15) is 0 Å². The van der Waals surface area contributed by atoms with E-state index in [0.29, 0.717) is 5.69 Å². The molecule has 0 atom stereocenters. The number of carbonyl (C=O) groups excluding carboxylic acids is 1. The zero-order valence-electron chi connectivity index (χ0n) is 10.7. The summed E-state index contributed by atoms with van der Waals surface area (Å²) in [6, 6.07) is 10.6. The molecule has 0 radical (unpaired) electrons. The molecule has 2 aromatic carbocycles. The molecule has 3 nitrogen and oxygen atoms in total. The predicted molar refractivity (Wildman–Crippen MR) is 79.7 cm³/mol. The highest BCUT2D eigenvalue weighted by Gasteiger charge is 2.12. The highest BCUT2D eigenvalue weighted by atomic mass is 79.9. The lowest BCUT2D eigenvalue weighted by molar-refractivity contribution is 0.102. The lowest BCUT2D eigenvalue weighted by Crippen LogP contribution is -2.12. The van der Waals surface area contributed by atoms with Gasteiger partial charge in [-0.05, 0) is 59.6 Å². The molecule has 0 spiro atoms. The van der Waals surface area contributed by atoms with E-state index >= 15 is 0 Å². The van der Waals surface area contributed by atoms with Crippen LogP contribution in [0.2, 0.25) is 0 Å². The number of anilines is 1. The molecular weight excluding hydrogens is 306 g/mol. The molecule has 0 saturated heterocycles. The largest absolute Gasteiger partial charge is 0.507 e. The molecule has 2 aromatic rings. The van der Waals surface area contributed by atoms with Crippen molar-refractivity contribution in [2.24, 2.45) is 0 Å². The maximum absolute atomic E-state index is 12.2. The van der Waals surface area contributed by atoms with Crippen molar-refractivity contribution in [1.82, 2.24) is 0 Å². The molecule has 0 aromatic heterocycles. The predicted octanol–water partition coefficient (Wildman–Crippen LogP) is 4.02. The first-order valence-corrected chi connectivity index (χ1v) is 6.64. The third-order valence-electron chi connectivity index (χ3n) is 2.77. The van der Waals surface area contributed by atoms with Gasteiger partial charge in [-0.25, -0.2) is 0 Å². The summed E-state index contributed by atoms with van der Waals surface area (Å²) < 4.78 is 0.804. The van der Waals surface area contributed by atoms with Gasteiger partial charge in [-0.3, -0.25) is 4.79 Å². The molecule has 0 unspecified atom stereocenters. The number of benzene rings is 2. The maximum Gasteiger partial charge on any atom is 0.259 e. The lowest BCUT2D eigenvalue weighted by Gasteiger charge is -2.10. The Labute approximate surface area is 120 Å². The smallest absolute Gasteiger partial charge is 0.259 e. The third kappa shape index (κ3) is 3.15. The van der Waals surface area contributed by atoms with Crippen molar-refractivity contribution in [1.29, 1.82) is 0 Å². The molecule has 19 heavy (non-hydrogen) atoms. The number of phenolic OH excluding ortho intramolecular Hbond substituents is 1. The van der Waals surface area contributed by atoms with Crippen LogP contribution in [0.5, 0.6) is 5.75 Å². The maximum atomic E-state index is 12.2. The Bertz CT molecular complexity index is 638. The van der Waals surface area contributed by atoms with Crippen LogP contribution in [-0.2, 0) is 0 Å². The molecule has 2 rings (SSSR count). The van der Waals surface area contributed by atoms with Crippen LogP contribution < -0.4 is 5.32 Å². The van der Waals surface area contributed by atoms with Crippen molar-refractivity contribution in [2.75, 3.05) is 5.32 Å². The van der Waals surface area contributed by atoms with Crippen molar-refractivity contribution in [3.63, 3.8) is 0 Å². The first-order chi connectivity index (χ1) is 8.97. The van der Waals surface area contributed by atoms with Crippen molar-refractivity contribution >= 4 is 27.5 Å². The van der Waals surface area contributed by atoms with Gasteiger partial charge in [0, 0.05) is 4.47 Å². The molecule has 0 aliphatic heterocycles. The van der Waals surface area contributed by atoms with Gasteiger partial charge in [0.05, 0.1) is 11.3 Å². The van der Waals surface area contributed by atoms with E-state index < -0.39 is 0 Å². The molecule has 2 N–H and O–H groups in total. The van der Waals surface area contributed by atoms with Crippen molar-refractivity contribution in [3.05, 3.63) is 57.6 Å². The van der Waals surface area contributed by atoms with Gasteiger partial charge in [0.25, 0.3) is 5.91 Å². The minimum Gasteiger partial charge on any atom is -0.507 e. The first kappa shape index (κ1) is 13.6. The topological polar surface area (TPSA) is 49.3 Å². The second kappa shape index (κ2) is 5.45. The first-order valence-electron chi connectivity index (χ1n) is 5.84. The number of halogens is 1. The molecule has 0 heterocycles. The summed E-state index contributed by atoms with van der Waals surface area (Å²) in [5.74, 6) is -0.348. The SMILES string of the molecule is Cc1ccc(Br)c(NC(=O)c2cc(C)ccc2O)c1. The Kier molecular flexibility index (Phi) is 3.90. The average Bonchev–Trinajstić information content (AvgIpc) is 2.36. The summed E-state index contributed by atoms with van der Waals surface area (Å²) in [7, 11) is 0. The number of nitrogens with one attached hydrogen (secondary N) is 1. The zero-order chi connectivity index (χ0) is 14.0. The lowest BCUT2D eigenvalue weighted by atomic mass is 10.1. The Balaban J connectivity index is 2.30. The molecule has 0 saturated carbocycles. The number of aryl methyl sites for hydroxylation is 2. The molecule has 4 heteroatoms. The molecule has 0 fully saturated rings. The number of rotatable bonds is 2. The van der Waals surface area contributed by atoms with Gasteiger partial charge in [0.2, 0.25) is 0 Å². The van der Waals surface area contributed by atoms with Gasteiger partial charge in [0.15, 0.2) is 0 Å². The molecular formula is C15H14BrNO2. The van der Waals surface area contributed by atoms with Crippen LogP contribution in [0, 0.1) is 13.8 Å². The summed E-state index contributed by atoms with van der Waals surface area (Å²) in [4.78, 5) is 12.2. The zero-order valence-corrected chi connectivity index (χ0v) is 12.3. The Hall–Kier alpha value is -1.81. The van der Waals surface area contributed by atoms with E-state index in [4.69, 9.17) is 0 Å². The number of amides is 1. The molecule has 98 valence electrons. The van der Waals surface area contributed by atoms with Gasteiger partial charge in [-0.15, -0.1) is 0 Å². The van der Waals surface area contributed by atoms with Gasteiger partial charge >= 0.3 is 0 Å². The van der Waals surface area contributed by atoms with Crippen LogP contribution in [0.4, 0.5) is 5.69 Å². The minimum absolute atomic E-state index is 0.0214. The van der Waals surface area contributed by atoms with Gasteiger partial charge < -0.3 is 10.4 Å². The Morgan fingerprint density at radius 2 is 1.74 bits per heavy atom. The highest BCUT2D eigenvalue weighted by molar-refractivity contribution is 9.10. The molecule has 1 amide bonds. The Morgan fingerprint density at radius 1 is 1.11 bits per heavy atom. The number of hydrogen-bond donors (Lipinski definition) is 2. The van der Waals surface area contributed by atoms with Gasteiger partial charge in [0.1, 0.15) is 5.75 Å². The normalized spacial score (nSPS) is 10.3. The summed E-state index contributed by atoms with van der Waals surface area (Å²) in [6.45, 7) is 3.82. The van der Waals surface area contributed by atoms with E-state index in [-0.39, 0.29) is 17.2 Å². The standard InChI is InChI=1S/C15H14BrNO2/c1-9-4-6-14(18)11(7-9)15(19)17-13-8-10(2)3-5-12(13)16/h3-8,18H,1-2H3,(H,17,19). The fourth-order valence-electron chi connectivity index (χ4n) is 1.76. The van der Waals surface area contributed by atoms with Crippen LogP contribution in [0.3, 0.4) is 0 Å². The molecule has 0 aliphatic rings. The van der Waals surface area contributed by atoms with Crippen molar-refractivity contribution < 1.29 is 9.90 Å². The van der Waals surface area contributed by atoms with Crippen LogP contribution in [-0.4, -0.2) is 11.0 Å². The number of carbonyl (C=O) groups is 1. The third-order valence-corrected chi connectivity index (χ3v) is 3.46. The van der Waals surface area contributed by atoms with Crippen LogP contribution in [0.25, 0.3) is 0 Å². The van der Waals surface area contributed by atoms with E-state index in [2.05, 4.69) is 21.2 Å². The molecule has 0 bridgehead atoms. The summed E-state index contributed by atoms with van der Waals surface area (Å²) >= 11 is 3.39. The average molecular weight is 320 g/mol. The van der Waals surface area contributed by atoms with E-state index in [1.54, 1.807) is 12.1 Å². The number of aromatic hydroxyl groups is 1. The van der Waals surface area contributed by atoms with E-state index in [1.165, 1.54) is 6.07 Å². The molecule has 0 aliphatic carbocycles. The van der Waals surface area contributed by atoms with E-state index in [9.17, 15) is 9.90 Å². The highest BCUT2D eigenvalue weighted by Crippen LogP contribution is 2.25. The monoisotopic (exact) mass is 319 g/mol. The fourth-order valence-corrected chi connectivity index (χ4v) is 2.10. The summed E-state index contributed by atoms with van der Waals surface area (Å²) in [6.07, 6.45) is 0. The van der Waals surface area contributed by atoms with E-state index in [0.717, 1.165) is 15.6 Å². The minimum atomic E-state index is -0.326. The second-order valence-electron chi connectivity index (χ2n) is 4.46. The van der Waals surface area contributed by atoms with Crippen molar-refractivity contribution in [3.8, 4) is 5.75 Å². The van der Waals surface area contributed by atoms with Crippen LogP contribution >= 0.6 is 15.9 Å². The van der Waals surface area contributed by atoms with Crippen LogP contribution in [0.1, 0.15) is 21.5 Å². The Morgan fingerprint density at radius 3 is 2.47 bits per heavy atom. The van der Waals surface area contributed by atoms with Crippen molar-refractivity contribution in [2.45, 2.75) is 13.8 Å². The number of hydrogen-bond acceptors (Lipinski definition) is 2. The quantitative estimate of drug-likeness (QED) is 0.878.